The number of tetrazole rings is 1. The number of aromatic amines is 1. The lowest BCUT2D eigenvalue weighted by Crippen LogP contribution is -2.32. The topological polar surface area (TPSA) is 88.9 Å². The molecule has 0 unspecified atom stereocenters. The summed E-state index contributed by atoms with van der Waals surface area (Å²) in [6, 6.07) is 18.3. The Morgan fingerprint density at radius 2 is 1.91 bits per heavy atom. The van der Waals surface area contributed by atoms with E-state index in [0.29, 0.717) is 24.7 Å². The van der Waals surface area contributed by atoms with Crippen LogP contribution < -0.4 is 10.3 Å². The van der Waals surface area contributed by atoms with Gasteiger partial charge in [-0.3, -0.25) is 9.69 Å². The van der Waals surface area contributed by atoms with Gasteiger partial charge in [-0.15, -0.1) is 5.10 Å². The highest BCUT2D eigenvalue weighted by molar-refractivity contribution is 5.80. The van der Waals surface area contributed by atoms with Crippen molar-refractivity contribution >= 4 is 10.9 Å². The quantitative estimate of drug-likeness (QED) is 0.377. The molecule has 0 aliphatic heterocycles. The van der Waals surface area contributed by atoms with Gasteiger partial charge in [-0.05, 0) is 59.5 Å². The molecule has 8 heteroatoms. The summed E-state index contributed by atoms with van der Waals surface area (Å²) in [6.45, 7) is 3.33. The third-order valence-corrected chi connectivity index (χ3v) is 7.04. The van der Waals surface area contributed by atoms with E-state index in [1.54, 1.807) is 7.11 Å². The monoisotopic (exact) mass is 472 g/mol. The van der Waals surface area contributed by atoms with Crippen LogP contribution in [0, 0.1) is 0 Å². The molecule has 35 heavy (non-hydrogen) atoms. The molecule has 1 atom stereocenters. The normalized spacial score (nSPS) is 15.2. The van der Waals surface area contributed by atoms with Crippen molar-refractivity contribution in [2.24, 2.45) is 0 Å². The number of nitrogens with zero attached hydrogens (tertiary/aromatic N) is 5. The second kappa shape index (κ2) is 10.4. The average Bonchev–Trinajstić information content (AvgIpc) is 3.58. The fourth-order valence-electron chi connectivity index (χ4n) is 5.22. The summed E-state index contributed by atoms with van der Waals surface area (Å²) < 4.78 is 7.43. The van der Waals surface area contributed by atoms with Gasteiger partial charge in [-0.1, -0.05) is 50.1 Å². The highest BCUT2D eigenvalue weighted by Crippen LogP contribution is 2.33. The molecule has 2 heterocycles. The summed E-state index contributed by atoms with van der Waals surface area (Å²) in [5.41, 5.74) is 2.61. The van der Waals surface area contributed by atoms with Crippen LogP contribution in [-0.2, 0) is 13.1 Å². The number of pyridine rings is 1. The first-order valence-electron chi connectivity index (χ1n) is 12.4. The van der Waals surface area contributed by atoms with Crippen LogP contribution in [0.25, 0.3) is 10.9 Å². The lowest BCUT2D eigenvalue weighted by molar-refractivity contribution is 0.158. The van der Waals surface area contributed by atoms with Crippen LogP contribution in [0.5, 0.6) is 5.75 Å². The molecule has 1 aliphatic carbocycles. The predicted octanol–water partition coefficient (Wildman–Crippen LogP) is 4.79. The van der Waals surface area contributed by atoms with Crippen LogP contribution in [0.3, 0.4) is 0 Å². The Bertz CT molecular complexity index is 1330. The smallest absolute Gasteiger partial charge is 0.252 e. The summed E-state index contributed by atoms with van der Waals surface area (Å²) >= 11 is 0. The van der Waals surface area contributed by atoms with Gasteiger partial charge in [-0.25, -0.2) is 4.68 Å². The van der Waals surface area contributed by atoms with E-state index in [2.05, 4.69) is 44.5 Å². The van der Waals surface area contributed by atoms with Crippen molar-refractivity contribution in [2.45, 2.75) is 64.2 Å². The molecular formula is C27H32N6O2. The standard InChI is InChI=1S/C27H32N6O2/c1-3-25(26-29-30-31-33(26)22-11-7-8-12-22)32(17-19-9-5-4-6-10-19)18-21-15-20-16-23(35-2)13-14-24(20)28-27(21)34/h4-6,9-10,13-16,22,25H,3,7-8,11-12,17-18H2,1-2H3,(H,28,34)/t25-/m0/s1. The van der Waals surface area contributed by atoms with Gasteiger partial charge in [0, 0.05) is 29.6 Å². The summed E-state index contributed by atoms with van der Waals surface area (Å²) in [5.74, 6) is 1.65. The molecule has 1 fully saturated rings. The van der Waals surface area contributed by atoms with Gasteiger partial charge in [0.25, 0.3) is 5.56 Å². The van der Waals surface area contributed by atoms with Crippen molar-refractivity contribution < 1.29 is 4.74 Å². The van der Waals surface area contributed by atoms with Crippen molar-refractivity contribution in [3.8, 4) is 5.75 Å². The Labute approximate surface area is 204 Å². The second-order valence-electron chi connectivity index (χ2n) is 9.31. The van der Waals surface area contributed by atoms with E-state index in [0.717, 1.165) is 41.7 Å². The molecule has 0 radical (unpaired) electrons. The van der Waals surface area contributed by atoms with Crippen molar-refractivity contribution in [2.75, 3.05) is 7.11 Å². The van der Waals surface area contributed by atoms with Crippen molar-refractivity contribution in [1.29, 1.82) is 0 Å². The van der Waals surface area contributed by atoms with Crippen LogP contribution in [0.15, 0.2) is 59.4 Å². The molecule has 5 rings (SSSR count). The lowest BCUT2D eigenvalue weighted by Gasteiger charge is -2.31. The van der Waals surface area contributed by atoms with E-state index in [4.69, 9.17) is 4.74 Å². The predicted molar refractivity (Wildman–Crippen MR) is 135 cm³/mol. The first kappa shape index (κ1) is 23.2. The van der Waals surface area contributed by atoms with Crippen LogP contribution in [0.1, 0.15) is 68.1 Å². The zero-order chi connectivity index (χ0) is 24.2. The maximum absolute atomic E-state index is 13.1. The fourth-order valence-corrected chi connectivity index (χ4v) is 5.22. The van der Waals surface area contributed by atoms with Crippen LogP contribution in [-0.4, -0.2) is 37.2 Å². The maximum Gasteiger partial charge on any atom is 0.252 e. The Morgan fingerprint density at radius 3 is 2.66 bits per heavy atom. The minimum Gasteiger partial charge on any atom is -0.497 e. The highest BCUT2D eigenvalue weighted by atomic mass is 16.5. The Morgan fingerprint density at radius 1 is 1.11 bits per heavy atom. The van der Waals surface area contributed by atoms with Crippen LogP contribution in [0.2, 0.25) is 0 Å². The number of rotatable bonds is 9. The second-order valence-corrected chi connectivity index (χ2v) is 9.31. The fraction of sp³-hybridized carbons (Fsp3) is 0.407. The number of fused-ring (bicyclic) bond motifs is 1. The summed E-state index contributed by atoms with van der Waals surface area (Å²) in [4.78, 5) is 18.5. The molecule has 4 aromatic rings. The Hall–Kier alpha value is -3.52. The zero-order valence-electron chi connectivity index (χ0n) is 20.4. The van der Waals surface area contributed by atoms with Crippen molar-refractivity contribution in [3.05, 3.63) is 81.9 Å². The number of hydrogen-bond donors (Lipinski definition) is 1. The molecule has 0 bridgehead atoms. The minimum atomic E-state index is -0.0778. The molecule has 1 saturated carbocycles. The van der Waals surface area contributed by atoms with E-state index >= 15 is 0 Å². The van der Waals surface area contributed by atoms with E-state index in [9.17, 15) is 4.79 Å². The molecule has 0 spiro atoms. The molecule has 2 aromatic heterocycles. The highest BCUT2D eigenvalue weighted by Gasteiger charge is 2.29. The van der Waals surface area contributed by atoms with E-state index < -0.39 is 0 Å². The average molecular weight is 473 g/mol. The molecular weight excluding hydrogens is 440 g/mol. The van der Waals surface area contributed by atoms with Crippen molar-refractivity contribution in [3.63, 3.8) is 0 Å². The van der Waals surface area contributed by atoms with Crippen LogP contribution in [0.4, 0.5) is 0 Å². The number of ether oxygens (including phenoxy) is 1. The summed E-state index contributed by atoms with van der Waals surface area (Å²) in [5, 5.41) is 13.9. The van der Waals surface area contributed by atoms with E-state index in [-0.39, 0.29) is 11.6 Å². The molecule has 2 aromatic carbocycles. The largest absolute Gasteiger partial charge is 0.497 e. The molecule has 1 aliphatic rings. The molecule has 182 valence electrons. The van der Waals surface area contributed by atoms with Gasteiger partial charge >= 0.3 is 0 Å². The van der Waals surface area contributed by atoms with Crippen molar-refractivity contribution in [1.82, 2.24) is 30.1 Å². The maximum atomic E-state index is 13.1. The van der Waals surface area contributed by atoms with E-state index in [1.807, 2.05) is 47.1 Å². The number of aromatic nitrogens is 5. The van der Waals surface area contributed by atoms with Crippen LogP contribution >= 0.6 is 0 Å². The van der Waals surface area contributed by atoms with E-state index in [1.165, 1.54) is 18.4 Å². The first-order valence-corrected chi connectivity index (χ1v) is 12.4. The molecule has 1 N–H and O–H groups in total. The van der Waals surface area contributed by atoms with Gasteiger partial charge < -0.3 is 9.72 Å². The summed E-state index contributed by atoms with van der Waals surface area (Å²) in [6.07, 6.45) is 5.48. The number of methoxy groups -OCH3 is 1. The number of hydrogen-bond acceptors (Lipinski definition) is 6. The number of benzene rings is 2. The Kier molecular flexibility index (Phi) is 6.90. The van der Waals surface area contributed by atoms with Gasteiger partial charge in [0.1, 0.15) is 5.75 Å². The van der Waals surface area contributed by atoms with Gasteiger partial charge in [0.2, 0.25) is 0 Å². The molecule has 0 amide bonds. The number of H-pyrrole nitrogens is 1. The third-order valence-electron chi connectivity index (χ3n) is 7.04. The third kappa shape index (κ3) is 4.98. The van der Waals surface area contributed by atoms with Gasteiger partial charge in [0.15, 0.2) is 5.82 Å². The zero-order valence-corrected chi connectivity index (χ0v) is 20.4. The minimum absolute atomic E-state index is 0.0220. The number of nitrogens with one attached hydrogen (secondary N) is 1. The van der Waals surface area contributed by atoms with Gasteiger partial charge in [-0.2, -0.15) is 0 Å². The molecule has 0 saturated heterocycles. The first-order chi connectivity index (χ1) is 17.2. The Balaban J connectivity index is 1.53. The molecule has 8 nitrogen and oxygen atoms in total. The summed E-state index contributed by atoms with van der Waals surface area (Å²) in [7, 11) is 1.65. The lowest BCUT2D eigenvalue weighted by atomic mass is 10.1. The van der Waals surface area contributed by atoms with Gasteiger partial charge in [0.05, 0.1) is 19.2 Å². The SMILES string of the molecule is CC[C@@H](c1nnnn1C1CCCC1)N(Cc1ccccc1)Cc1cc2cc(OC)ccc2[nH]c1=O.